The van der Waals surface area contributed by atoms with Crippen LogP contribution in [0.4, 0.5) is 5.13 Å². The first kappa shape index (κ1) is 18.1. The molecule has 0 unspecified atom stereocenters. The first-order chi connectivity index (χ1) is 12.3. The number of methoxy groups -OCH3 is 1. The summed E-state index contributed by atoms with van der Waals surface area (Å²) in [7, 11) is 1.28. The Kier molecular flexibility index (Phi) is 4.78. The summed E-state index contributed by atoms with van der Waals surface area (Å²) >= 11 is 1.17. The van der Waals surface area contributed by atoms with E-state index in [2.05, 4.69) is 10.3 Å². The van der Waals surface area contributed by atoms with Crippen molar-refractivity contribution in [3.8, 4) is 10.4 Å². The standard InChI is InChI=1S/C18H18N2O5S/c1-18(2)11(9-12(21)25-18)15(22)20-17-19-13(16(23)24-3)14(26-17)10-7-5-4-6-8-10/h4-8,11H,9H2,1-3H3,(H,19,20,22)/t11-/m0/s1. The third-order valence-electron chi connectivity index (χ3n) is 4.18. The normalized spacial score (nSPS) is 18.3. The van der Waals surface area contributed by atoms with Crippen LogP contribution in [0.3, 0.4) is 0 Å². The highest BCUT2D eigenvalue weighted by Crippen LogP contribution is 2.36. The van der Waals surface area contributed by atoms with Gasteiger partial charge in [0.2, 0.25) is 5.91 Å². The predicted molar refractivity (Wildman–Crippen MR) is 95.8 cm³/mol. The summed E-state index contributed by atoms with van der Waals surface area (Å²) in [6.07, 6.45) is 0.0135. The fourth-order valence-corrected chi connectivity index (χ4v) is 3.77. The summed E-state index contributed by atoms with van der Waals surface area (Å²) in [5.41, 5.74) is 0.0499. The molecule has 1 N–H and O–H groups in total. The number of carbonyl (C=O) groups excluding carboxylic acids is 3. The van der Waals surface area contributed by atoms with E-state index in [0.29, 0.717) is 4.88 Å². The Hall–Kier alpha value is -2.74. The number of cyclic esters (lactones) is 1. The Balaban J connectivity index is 1.89. The summed E-state index contributed by atoms with van der Waals surface area (Å²) in [4.78, 5) is 41.0. The molecule has 7 nitrogen and oxygen atoms in total. The molecule has 0 saturated carbocycles. The first-order valence-electron chi connectivity index (χ1n) is 7.99. The molecule has 0 spiro atoms. The molecule has 1 atom stereocenters. The van der Waals surface area contributed by atoms with Gasteiger partial charge in [0.15, 0.2) is 10.8 Å². The summed E-state index contributed by atoms with van der Waals surface area (Å²) in [6.45, 7) is 3.39. The fourth-order valence-electron chi connectivity index (χ4n) is 2.81. The van der Waals surface area contributed by atoms with E-state index in [1.807, 2.05) is 30.3 Å². The number of benzene rings is 1. The minimum absolute atomic E-state index is 0.0135. The Morgan fingerprint density at radius 3 is 2.58 bits per heavy atom. The number of hydrogen-bond donors (Lipinski definition) is 1. The summed E-state index contributed by atoms with van der Waals surface area (Å²) in [6, 6.07) is 9.25. The van der Waals surface area contributed by atoms with Gasteiger partial charge in [-0.3, -0.25) is 9.59 Å². The number of rotatable bonds is 4. The highest BCUT2D eigenvalue weighted by Gasteiger charge is 2.46. The van der Waals surface area contributed by atoms with Gasteiger partial charge in [-0.15, -0.1) is 0 Å². The highest BCUT2D eigenvalue weighted by molar-refractivity contribution is 7.19. The minimum atomic E-state index is -0.883. The zero-order chi connectivity index (χ0) is 18.9. The van der Waals surface area contributed by atoms with E-state index in [-0.39, 0.29) is 23.2 Å². The third-order valence-corrected chi connectivity index (χ3v) is 5.20. The zero-order valence-electron chi connectivity index (χ0n) is 14.6. The number of nitrogens with one attached hydrogen (secondary N) is 1. The number of nitrogens with zero attached hydrogens (tertiary/aromatic N) is 1. The molecule has 3 rings (SSSR count). The molecule has 26 heavy (non-hydrogen) atoms. The molecule has 0 radical (unpaired) electrons. The van der Waals surface area contributed by atoms with Crippen molar-refractivity contribution < 1.29 is 23.9 Å². The maximum absolute atomic E-state index is 12.6. The maximum Gasteiger partial charge on any atom is 0.358 e. The zero-order valence-corrected chi connectivity index (χ0v) is 15.4. The van der Waals surface area contributed by atoms with Gasteiger partial charge in [-0.05, 0) is 19.4 Å². The van der Waals surface area contributed by atoms with E-state index < -0.39 is 23.5 Å². The fraction of sp³-hybridized carbons (Fsp3) is 0.333. The maximum atomic E-state index is 12.6. The minimum Gasteiger partial charge on any atom is -0.464 e. The molecular formula is C18H18N2O5S. The Bertz CT molecular complexity index is 860. The van der Waals surface area contributed by atoms with Crippen LogP contribution in [-0.2, 0) is 19.1 Å². The molecule has 1 amide bonds. The van der Waals surface area contributed by atoms with Crippen LogP contribution in [0, 0.1) is 5.92 Å². The number of amides is 1. The number of anilines is 1. The lowest BCUT2D eigenvalue weighted by molar-refractivity contribution is -0.147. The highest BCUT2D eigenvalue weighted by atomic mass is 32.1. The van der Waals surface area contributed by atoms with Crippen molar-refractivity contribution in [1.82, 2.24) is 4.98 Å². The van der Waals surface area contributed by atoms with Crippen LogP contribution in [0.1, 0.15) is 30.8 Å². The molecular weight excluding hydrogens is 356 g/mol. The number of thiazole rings is 1. The van der Waals surface area contributed by atoms with E-state index >= 15 is 0 Å². The molecule has 0 aliphatic carbocycles. The van der Waals surface area contributed by atoms with Crippen molar-refractivity contribution in [2.75, 3.05) is 12.4 Å². The largest absolute Gasteiger partial charge is 0.464 e. The van der Waals surface area contributed by atoms with Crippen LogP contribution in [0.15, 0.2) is 30.3 Å². The average Bonchev–Trinajstić information content (AvgIpc) is 3.14. The smallest absolute Gasteiger partial charge is 0.358 e. The van der Waals surface area contributed by atoms with Gasteiger partial charge in [-0.1, -0.05) is 41.7 Å². The lowest BCUT2D eigenvalue weighted by Gasteiger charge is -2.23. The quantitative estimate of drug-likeness (QED) is 0.827. The summed E-state index contributed by atoms with van der Waals surface area (Å²) in [5.74, 6) is -1.99. The van der Waals surface area contributed by atoms with E-state index in [1.54, 1.807) is 13.8 Å². The van der Waals surface area contributed by atoms with Crippen molar-refractivity contribution in [2.24, 2.45) is 5.92 Å². The number of esters is 2. The van der Waals surface area contributed by atoms with Crippen LogP contribution in [0.25, 0.3) is 10.4 Å². The SMILES string of the molecule is COC(=O)c1nc(NC(=O)[C@@H]2CC(=O)OC2(C)C)sc1-c1ccccc1. The van der Waals surface area contributed by atoms with Crippen molar-refractivity contribution in [1.29, 1.82) is 0 Å². The van der Waals surface area contributed by atoms with Gasteiger partial charge in [0, 0.05) is 0 Å². The van der Waals surface area contributed by atoms with Crippen LogP contribution >= 0.6 is 11.3 Å². The predicted octanol–water partition coefficient (Wildman–Crippen LogP) is 2.88. The monoisotopic (exact) mass is 374 g/mol. The molecule has 1 aliphatic rings. The first-order valence-corrected chi connectivity index (χ1v) is 8.80. The molecule has 2 heterocycles. The molecule has 2 aromatic rings. The number of ether oxygens (including phenoxy) is 2. The second-order valence-electron chi connectivity index (χ2n) is 6.38. The van der Waals surface area contributed by atoms with Gasteiger partial charge in [0.05, 0.1) is 24.3 Å². The molecule has 8 heteroatoms. The lowest BCUT2D eigenvalue weighted by atomic mass is 9.90. The Morgan fingerprint density at radius 2 is 2.00 bits per heavy atom. The molecule has 1 aromatic heterocycles. The van der Waals surface area contributed by atoms with Crippen LogP contribution in [0.2, 0.25) is 0 Å². The number of aromatic nitrogens is 1. The van der Waals surface area contributed by atoms with Gasteiger partial charge in [0.1, 0.15) is 5.60 Å². The molecule has 1 aromatic carbocycles. The van der Waals surface area contributed by atoms with Crippen molar-refractivity contribution in [3.63, 3.8) is 0 Å². The molecule has 1 aliphatic heterocycles. The number of hydrogen-bond acceptors (Lipinski definition) is 7. The van der Waals surface area contributed by atoms with Crippen LogP contribution in [0.5, 0.6) is 0 Å². The Labute approximate surface area is 154 Å². The molecule has 1 fully saturated rings. The van der Waals surface area contributed by atoms with Gasteiger partial charge < -0.3 is 14.8 Å². The molecule has 1 saturated heterocycles. The van der Waals surface area contributed by atoms with E-state index in [0.717, 1.165) is 5.56 Å². The summed E-state index contributed by atoms with van der Waals surface area (Å²) in [5, 5.41) is 2.97. The van der Waals surface area contributed by atoms with Crippen LogP contribution in [-0.4, -0.2) is 35.5 Å². The van der Waals surface area contributed by atoms with Crippen molar-refractivity contribution in [3.05, 3.63) is 36.0 Å². The van der Waals surface area contributed by atoms with Crippen LogP contribution < -0.4 is 5.32 Å². The van der Waals surface area contributed by atoms with Gasteiger partial charge in [-0.25, -0.2) is 9.78 Å². The summed E-state index contributed by atoms with van der Waals surface area (Å²) < 4.78 is 9.97. The Morgan fingerprint density at radius 1 is 1.31 bits per heavy atom. The molecule has 136 valence electrons. The third kappa shape index (κ3) is 3.45. The van der Waals surface area contributed by atoms with E-state index in [4.69, 9.17) is 9.47 Å². The second-order valence-corrected chi connectivity index (χ2v) is 7.38. The lowest BCUT2D eigenvalue weighted by Crippen LogP contribution is -2.36. The van der Waals surface area contributed by atoms with Gasteiger partial charge in [0.25, 0.3) is 0 Å². The second kappa shape index (κ2) is 6.87. The van der Waals surface area contributed by atoms with Gasteiger partial charge in [-0.2, -0.15) is 0 Å². The van der Waals surface area contributed by atoms with E-state index in [1.165, 1.54) is 18.4 Å². The van der Waals surface area contributed by atoms with Crippen molar-refractivity contribution in [2.45, 2.75) is 25.9 Å². The van der Waals surface area contributed by atoms with Crippen molar-refractivity contribution >= 4 is 34.3 Å². The van der Waals surface area contributed by atoms with E-state index in [9.17, 15) is 14.4 Å². The number of carbonyl (C=O) groups is 3. The average molecular weight is 374 g/mol. The molecule has 0 bridgehead atoms. The van der Waals surface area contributed by atoms with Gasteiger partial charge >= 0.3 is 11.9 Å². The topological polar surface area (TPSA) is 94.6 Å².